The highest BCUT2D eigenvalue weighted by atomic mass is 35.5. The fourth-order valence-electron chi connectivity index (χ4n) is 2.06. The number of aromatic nitrogens is 1. The van der Waals surface area contributed by atoms with Crippen LogP contribution in [-0.2, 0) is 0 Å². The summed E-state index contributed by atoms with van der Waals surface area (Å²) in [5.41, 5.74) is 1.50. The first-order valence-electron chi connectivity index (χ1n) is 6.71. The van der Waals surface area contributed by atoms with Crippen molar-refractivity contribution in [3.63, 3.8) is 0 Å². The topological polar surface area (TPSA) is 42.0 Å². The molecule has 0 atom stereocenters. The molecule has 1 amide bonds. The van der Waals surface area contributed by atoms with Gasteiger partial charge in [-0.3, -0.25) is 9.78 Å². The Morgan fingerprint density at radius 2 is 2.10 bits per heavy atom. The van der Waals surface area contributed by atoms with Gasteiger partial charge in [-0.15, -0.1) is 11.6 Å². The van der Waals surface area contributed by atoms with Crippen LogP contribution in [0.3, 0.4) is 0 Å². The second kappa shape index (κ2) is 6.23. The van der Waals surface area contributed by atoms with Gasteiger partial charge in [-0.1, -0.05) is 26.0 Å². The summed E-state index contributed by atoms with van der Waals surface area (Å²) in [6, 6.07) is 9.35. The lowest BCUT2D eigenvalue weighted by Gasteiger charge is -2.23. The average molecular weight is 291 g/mol. The van der Waals surface area contributed by atoms with Crippen molar-refractivity contribution >= 4 is 28.4 Å². The Balaban J connectivity index is 2.16. The largest absolute Gasteiger partial charge is 0.351 e. The van der Waals surface area contributed by atoms with Crippen LogP contribution in [0, 0.1) is 5.41 Å². The molecule has 0 bridgehead atoms. The van der Waals surface area contributed by atoms with Crippen molar-refractivity contribution in [1.29, 1.82) is 0 Å². The van der Waals surface area contributed by atoms with Gasteiger partial charge in [0.15, 0.2) is 0 Å². The number of fused-ring (bicyclic) bond motifs is 1. The summed E-state index contributed by atoms with van der Waals surface area (Å²) in [6.45, 7) is 4.80. The van der Waals surface area contributed by atoms with E-state index in [-0.39, 0.29) is 11.3 Å². The van der Waals surface area contributed by atoms with Crippen molar-refractivity contribution in [2.24, 2.45) is 5.41 Å². The number of carbonyl (C=O) groups is 1. The van der Waals surface area contributed by atoms with E-state index in [1.807, 2.05) is 30.3 Å². The molecule has 0 aliphatic rings. The van der Waals surface area contributed by atoms with E-state index in [2.05, 4.69) is 24.1 Å². The summed E-state index contributed by atoms with van der Waals surface area (Å²) in [4.78, 5) is 16.6. The summed E-state index contributed by atoms with van der Waals surface area (Å²) in [5.74, 6) is 0.535. The van der Waals surface area contributed by atoms with Crippen molar-refractivity contribution < 1.29 is 4.79 Å². The molecule has 1 aromatic carbocycles. The summed E-state index contributed by atoms with van der Waals surface area (Å²) in [5, 5.41) is 3.87. The number of hydrogen-bond acceptors (Lipinski definition) is 2. The van der Waals surface area contributed by atoms with Crippen LogP contribution in [0.5, 0.6) is 0 Å². The minimum absolute atomic E-state index is 0.000242. The molecule has 2 rings (SSSR count). The van der Waals surface area contributed by atoms with E-state index in [4.69, 9.17) is 11.6 Å². The SMILES string of the molecule is CC(C)(CCCl)CNC(=O)c1cccc2ncccc12. The van der Waals surface area contributed by atoms with E-state index in [1.54, 1.807) is 6.20 Å². The molecule has 0 saturated carbocycles. The van der Waals surface area contributed by atoms with Gasteiger partial charge >= 0.3 is 0 Å². The number of carbonyl (C=O) groups excluding carboxylic acids is 1. The van der Waals surface area contributed by atoms with Crippen molar-refractivity contribution in [3.05, 3.63) is 42.1 Å². The number of amides is 1. The van der Waals surface area contributed by atoms with Crippen molar-refractivity contribution in [3.8, 4) is 0 Å². The van der Waals surface area contributed by atoms with Crippen LogP contribution in [0.4, 0.5) is 0 Å². The zero-order valence-electron chi connectivity index (χ0n) is 11.8. The number of rotatable bonds is 5. The number of hydrogen-bond donors (Lipinski definition) is 1. The average Bonchev–Trinajstić information content (AvgIpc) is 2.44. The van der Waals surface area contributed by atoms with Crippen LogP contribution in [0.25, 0.3) is 10.9 Å². The highest BCUT2D eigenvalue weighted by Crippen LogP contribution is 2.20. The molecular weight excluding hydrogens is 272 g/mol. The first-order valence-corrected chi connectivity index (χ1v) is 7.25. The van der Waals surface area contributed by atoms with Crippen molar-refractivity contribution in [2.45, 2.75) is 20.3 Å². The monoisotopic (exact) mass is 290 g/mol. The normalized spacial score (nSPS) is 11.6. The quantitative estimate of drug-likeness (QED) is 0.855. The van der Waals surface area contributed by atoms with Gasteiger partial charge in [0.25, 0.3) is 5.91 Å². The van der Waals surface area contributed by atoms with Gasteiger partial charge in [0.1, 0.15) is 0 Å². The summed E-state index contributed by atoms with van der Waals surface area (Å²) in [7, 11) is 0. The van der Waals surface area contributed by atoms with E-state index in [1.165, 1.54) is 0 Å². The maximum atomic E-state index is 12.3. The van der Waals surface area contributed by atoms with Gasteiger partial charge in [0, 0.05) is 29.6 Å². The number of nitrogens with one attached hydrogen (secondary N) is 1. The van der Waals surface area contributed by atoms with Crippen LogP contribution < -0.4 is 5.32 Å². The molecule has 0 aliphatic heterocycles. The van der Waals surface area contributed by atoms with Gasteiger partial charge < -0.3 is 5.32 Å². The highest BCUT2D eigenvalue weighted by molar-refractivity contribution is 6.17. The Labute approximate surface area is 124 Å². The molecule has 0 fully saturated rings. The molecule has 1 aromatic heterocycles. The Morgan fingerprint density at radius 3 is 2.85 bits per heavy atom. The second-order valence-electron chi connectivity index (χ2n) is 5.66. The lowest BCUT2D eigenvalue weighted by atomic mass is 9.90. The first kappa shape index (κ1) is 14.8. The fourth-order valence-corrected chi connectivity index (χ4v) is 2.57. The van der Waals surface area contributed by atoms with E-state index >= 15 is 0 Å². The van der Waals surface area contributed by atoms with Gasteiger partial charge in [-0.25, -0.2) is 0 Å². The van der Waals surface area contributed by atoms with E-state index < -0.39 is 0 Å². The molecular formula is C16H19ClN2O. The van der Waals surface area contributed by atoms with E-state index in [0.29, 0.717) is 18.0 Å². The van der Waals surface area contributed by atoms with E-state index in [0.717, 1.165) is 17.3 Å². The molecule has 0 radical (unpaired) electrons. The summed E-state index contributed by atoms with van der Waals surface area (Å²) >= 11 is 5.78. The second-order valence-corrected chi connectivity index (χ2v) is 6.04. The number of alkyl halides is 1. The van der Waals surface area contributed by atoms with Gasteiger partial charge in [-0.05, 0) is 30.0 Å². The van der Waals surface area contributed by atoms with Crippen LogP contribution in [-0.4, -0.2) is 23.3 Å². The summed E-state index contributed by atoms with van der Waals surface area (Å²) in [6.07, 6.45) is 2.60. The number of halogens is 1. The van der Waals surface area contributed by atoms with Crippen LogP contribution in [0.1, 0.15) is 30.6 Å². The molecule has 4 heteroatoms. The fraction of sp³-hybridized carbons (Fsp3) is 0.375. The minimum Gasteiger partial charge on any atom is -0.351 e. The van der Waals surface area contributed by atoms with Crippen molar-refractivity contribution in [1.82, 2.24) is 10.3 Å². The molecule has 1 N–H and O–H groups in total. The molecule has 106 valence electrons. The van der Waals surface area contributed by atoms with Gasteiger partial charge in [-0.2, -0.15) is 0 Å². The van der Waals surface area contributed by atoms with Gasteiger partial charge in [0.05, 0.1) is 5.52 Å². The summed E-state index contributed by atoms with van der Waals surface area (Å²) < 4.78 is 0. The Bertz CT molecular complexity index is 605. The maximum absolute atomic E-state index is 12.3. The molecule has 20 heavy (non-hydrogen) atoms. The zero-order valence-corrected chi connectivity index (χ0v) is 12.6. The molecule has 2 aromatic rings. The molecule has 3 nitrogen and oxygen atoms in total. The number of nitrogens with zero attached hydrogens (tertiary/aromatic N) is 1. The lowest BCUT2D eigenvalue weighted by molar-refractivity contribution is 0.0937. The minimum atomic E-state index is -0.0637. The molecule has 1 heterocycles. The third-order valence-electron chi connectivity index (χ3n) is 3.39. The number of benzene rings is 1. The van der Waals surface area contributed by atoms with Crippen LogP contribution in [0.2, 0.25) is 0 Å². The zero-order chi connectivity index (χ0) is 14.6. The Morgan fingerprint density at radius 1 is 1.30 bits per heavy atom. The molecule has 0 unspecified atom stereocenters. The van der Waals surface area contributed by atoms with Gasteiger partial charge in [0.2, 0.25) is 0 Å². The smallest absolute Gasteiger partial charge is 0.251 e. The predicted octanol–water partition coefficient (Wildman–Crippen LogP) is 3.62. The Hall–Kier alpha value is -1.61. The third kappa shape index (κ3) is 3.48. The molecule has 0 saturated heterocycles. The standard InChI is InChI=1S/C16H19ClN2O/c1-16(2,8-9-17)11-19-15(20)13-5-3-7-14-12(13)6-4-10-18-14/h3-7,10H,8-9,11H2,1-2H3,(H,19,20). The number of pyridine rings is 1. The molecule has 0 spiro atoms. The van der Waals surface area contributed by atoms with Crippen LogP contribution in [0.15, 0.2) is 36.5 Å². The lowest BCUT2D eigenvalue weighted by Crippen LogP contribution is -2.34. The maximum Gasteiger partial charge on any atom is 0.251 e. The van der Waals surface area contributed by atoms with E-state index in [9.17, 15) is 4.79 Å². The predicted molar refractivity (Wildman–Crippen MR) is 83.2 cm³/mol. The van der Waals surface area contributed by atoms with Crippen LogP contribution >= 0.6 is 11.6 Å². The van der Waals surface area contributed by atoms with Crippen molar-refractivity contribution in [2.75, 3.05) is 12.4 Å². The Kier molecular flexibility index (Phi) is 4.61. The third-order valence-corrected chi connectivity index (χ3v) is 3.58. The first-order chi connectivity index (χ1) is 9.53. The highest BCUT2D eigenvalue weighted by Gasteiger charge is 2.19. The molecule has 0 aliphatic carbocycles.